The lowest BCUT2D eigenvalue weighted by atomic mass is 10.0. The van der Waals surface area contributed by atoms with Crippen LogP contribution in [-0.2, 0) is 0 Å². The highest BCUT2D eigenvalue weighted by atomic mass is 14.9. The summed E-state index contributed by atoms with van der Waals surface area (Å²) in [5, 5.41) is 3.70. The predicted molar refractivity (Wildman–Crippen MR) is 66.3 cm³/mol. The van der Waals surface area contributed by atoms with Crippen LogP contribution < -0.4 is 5.32 Å². The van der Waals surface area contributed by atoms with Gasteiger partial charge in [-0.15, -0.1) is 0 Å². The van der Waals surface area contributed by atoms with Crippen LogP contribution >= 0.6 is 0 Å². The van der Waals surface area contributed by atoms with Gasteiger partial charge < -0.3 is 5.32 Å². The molecule has 1 nitrogen and oxygen atoms in total. The van der Waals surface area contributed by atoms with E-state index in [0.29, 0.717) is 6.04 Å². The van der Waals surface area contributed by atoms with Gasteiger partial charge in [0, 0.05) is 11.7 Å². The Kier molecular flexibility index (Phi) is 2.99. The molecule has 1 fully saturated rings. The topological polar surface area (TPSA) is 12.0 Å². The summed E-state index contributed by atoms with van der Waals surface area (Å²) in [7, 11) is 0. The first-order valence-corrected chi connectivity index (χ1v) is 6.00. The zero-order chi connectivity index (χ0) is 10.8. The van der Waals surface area contributed by atoms with Crippen LogP contribution in [0, 0.1) is 19.8 Å². The average molecular weight is 203 g/mol. The molecule has 0 radical (unpaired) electrons. The van der Waals surface area contributed by atoms with Crippen molar-refractivity contribution >= 4 is 5.69 Å². The third-order valence-corrected chi connectivity index (χ3v) is 3.60. The van der Waals surface area contributed by atoms with Gasteiger partial charge in [-0.3, -0.25) is 0 Å². The Bertz CT molecular complexity index is 343. The van der Waals surface area contributed by atoms with E-state index in [1.54, 1.807) is 0 Å². The minimum Gasteiger partial charge on any atom is -0.382 e. The molecule has 1 aliphatic rings. The van der Waals surface area contributed by atoms with Crippen molar-refractivity contribution in [3.05, 3.63) is 29.3 Å². The van der Waals surface area contributed by atoms with Crippen molar-refractivity contribution in [3.63, 3.8) is 0 Å². The second-order valence-corrected chi connectivity index (χ2v) is 4.98. The van der Waals surface area contributed by atoms with Gasteiger partial charge in [0.05, 0.1) is 0 Å². The summed E-state index contributed by atoms with van der Waals surface area (Å²) in [6, 6.07) is 7.33. The van der Waals surface area contributed by atoms with Gasteiger partial charge in [-0.2, -0.15) is 0 Å². The van der Waals surface area contributed by atoms with Crippen molar-refractivity contribution in [1.29, 1.82) is 0 Å². The number of nitrogens with one attached hydrogen (secondary N) is 1. The third-order valence-electron chi connectivity index (χ3n) is 3.60. The second-order valence-electron chi connectivity index (χ2n) is 4.98. The van der Waals surface area contributed by atoms with E-state index >= 15 is 0 Å². The van der Waals surface area contributed by atoms with E-state index < -0.39 is 0 Å². The van der Waals surface area contributed by atoms with Crippen LogP contribution in [-0.4, -0.2) is 6.04 Å². The van der Waals surface area contributed by atoms with Crippen molar-refractivity contribution in [1.82, 2.24) is 0 Å². The van der Waals surface area contributed by atoms with Crippen molar-refractivity contribution < 1.29 is 0 Å². The van der Waals surface area contributed by atoms with E-state index in [0.717, 1.165) is 5.92 Å². The first-order chi connectivity index (χ1) is 7.16. The molecule has 15 heavy (non-hydrogen) atoms. The normalized spacial score (nSPS) is 25.5. The summed E-state index contributed by atoms with van der Waals surface area (Å²) in [6.07, 6.45) is 4.08. The van der Waals surface area contributed by atoms with E-state index in [-0.39, 0.29) is 0 Å². The smallest absolute Gasteiger partial charge is 0.0374 e. The summed E-state index contributed by atoms with van der Waals surface area (Å²) in [5.74, 6) is 0.824. The minimum atomic E-state index is 0.686. The van der Waals surface area contributed by atoms with Gasteiger partial charge in [-0.05, 0) is 49.8 Å². The Hall–Kier alpha value is -0.980. The molecule has 0 heterocycles. The Labute approximate surface area is 92.9 Å². The predicted octanol–water partition coefficient (Wildman–Crippen LogP) is 3.90. The molecule has 1 saturated carbocycles. The fraction of sp³-hybridized carbons (Fsp3) is 0.571. The standard InChI is InChI=1S/C14H21N/c1-10-7-8-12(3)14(9-10)15-13-6-4-5-11(13)2/h7-9,11,13,15H,4-6H2,1-3H3. The fourth-order valence-corrected chi connectivity index (χ4v) is 2.45. The van der Waals surface area contributed by atoms with Crippen LogP contribution in [0.3, 0.4) is 0 Å². The average Bonchev–Trinajstić information content (AvgIpc) is 2.58. The van der Waals surface area contributed by atoms with Crippen LogP contribution in [0.25, 0.3) is 0 Å². The molecule has 1 aromatic rings. The minimum absolute atomic E-state index is 0.686. The molecule has 1 aromatic carbocycles. The quantitative estimate of drug-likeness (QED) is 0.768. The molecule has 1 heteroatoms. The first kappa shape index (κ1) is 10.5. The first-order valence-electron chi connectivity index (χ1n) is 6.00. The SMILES string of the molecule is Cc1ccc(C)c(NC2CCCC2C)c1. The summed E-state index contributed by atoms with van der Waals surface area (Å²) in [4.78, 5) is 0. The lowest BCUT2D eigenvalue weighted by molar-refractivity contribution is 0.556. The maximum absolute atomic E-state index is 3.70. The van der Waals surface area contributed by atoms with Gasteiger partial charge in [0.2, 0.25) is 0 Å². The number of aryl methyl sites for hydroxylation is 2. The maximum Gasteiger partial charge on any atom is 0.0374 e. The van der Waals surface area contributed by atoms with Crippen molar-refractivity contribution in [2.45, 2.75) is 46.1 Å². The molecule has 0 amide bonds. The summed E-state index contributed by atoms with van der Waals surface area (Å²) >= 11 is 0. The summed E-state index contributed by atoms with van der Waals surface area (Å²) < 4.78 is 0. The monoisotopic (exact) mass is 203 g/mol. The Balaban J connectivity index is 2.12. The van der Waals surface area contributed by atoms with Crippen LogP contribution in [0.1, 0.15) is 37.3 Å². The lowest BCUT2D eigenvalue weighted by Crippen LogP contribution is -2.22. The molecule has 1 N–H and O–H groups in total. The number of hydrogen-bond acceptors (Lipinski definition) is 1. The molecule has 2 atom stereocenters. The van der Waals surface area contributed by atoms with E-state index in [2.05, 4.69) is 44.3 Å². The maximum atomic E-state index is 3.70. The molecule has 2 unspecified atom stereocenters. The molecule has 1 aliphatic carbocycles. The summed E-state index contributed by atoms with van der Waals surface area (Å²) in [5.41, 5.74) is 4.03. The van der Waals surface area contributed by atoms with E-state index in [1.807, 2.05) is 0 Å². The van der Waals surface area contributed by atoms with Gasteiger partial charge in [0.1, 0.15) is 0 Å². The van der Waals surface area contributed by atoms with Crippen molar-refractivity contribution in [2.24, 2.45) is 5.92 Å². The lowest BCUT2D eigenvalue weighted by Gasteiger charge is -2.20. The largest absolute Gasteiger partial charge is 0.382 e. The Morgan fingerprint density at radius 2 is 2.00 bits per heavy atom. The van der Waals surface area contributed by atoms with Gasteiger partial charge in [-0.25, -0.2) is 0 Å². The highest BCUT2D eigenvalue weighted by molar-refractivity contribution is 5.53. The molecular weight excluding hydrogens is 182 g/mol. The van der Waals surface area contributed by atoms with Crippen molar-refractivity contribution in [3.8, 4) is 0 Å². The van der Waals surface area contributed by atoms with Gasteiger partial charge in [0.25, 0.3) is 0 Å². The van der Waals surface area contributed by atoms with Gasteiger partial charge >= 0.3 is 0 Å². The molecule has 0 aliphatic heterocycles. The van der Waals surface area contributed by atoms with E-state index in [4.69, 9.17) is 0 Å². The van der Waals surface area contributed by atoms with Gasteiger partial charge in [-0.1, -0.05) is 25.5 Å². The third kappa shape index (κ3) is 2.34. The number of hydrogen-bond donors (Lipinski definition) is 1. The second kappa shape index (κ2) is 4.26. The van der Waals surface area contributed by atoms with E-state index in [9.17, 15) is 0 Å². The van der Waals surface area contributed by atoms with Crippen LogP contribution in [0.15, 0.2) is 18.2 Å². The molecule has 0 bridgehead atoms. The van der Waals surface area contributed by atoms with Crippen molar-refractivity contribution in [2.75, 3.05) is 5.32 Å². The Morgan fingerprint density at radius 1 is 1.20 bits per heavy atom. The highest BCUT2D eigenvalue weighted by Gasteiger charge is 2.23. The zero-order valence-electron chi connectivity index (χ0n) is 10.0. The zero-order valence-corrected chi connectivity index (χ0v) is 10.0. The molecule has 0 saturated heterocycles. The molecule has 0 aromatic heterocycles. The Morgan fingerprint density at radius 3 is 2.67 bits per heavy atom. The highest BCUT2D eigenvalue weighted by Crippen LogP contribution is 2.29. The van der Waals surface area contributed by atoms with Gasteiger partial charge in [0.15, 0.2) is 0 Å². The molecule has 2 rings (SSSR count). The van der Waals surface area contributed by atoms with Crippen LogP contribution in [0.5, 0.6) is 0 Å². The van der Waals surface area contributed by atoms with Crippen LogP contribution in [0.4, 0.5) is 5.69 Å². The van der Waals surface area contributed by atoms with E-state index in [1.165, 1.54) is 36.1 Å². The molecule has 0 spiro atoms. The van der Waals surface area contributed by atoms with Crippen LogP contribution in [0.2, 0.25) is 0 Å². The molecule has 82 valence electrons. The fourth-order valence-electron chi connectivity index (χ4n) is 2.45. The number of anilines is 1. The number of benzene rings is 1. The number of rotatable bonds is 2. The molecular formula is C14H21N. The summed E-state index contributed by atoms with van der Waals surface area (Å²) in [6.45, 7) is 6.69.